The van der Waals surface area contributed by atoms with Gasteiger partial charge in [-0.05, 0) is 66.3 Å². The van der Waals surface area contributed by atoms with Gasteiger partial charge in [0.25, 0.3) is 11.8 Å². The molecule has 2 saturated heterocycles. The number of hydrogen-bond donors (Lipinski definition) is 0. The van der Waals surface area contributed by atoms with Crippen molar-refractivity contribution in [2.24, 2.45) is 0 Å². The Kier molecular flexibility index (Phi) is 13.8. The standard InChI is InChI=1S/C30H30O4.C26H23NO4/c1-3-32-28(31)20-23(2)14-15-24-16-18-25(19-17-24)29-33-21-30(22-34-29,26-10-6-4-7-11-26)27-12-8-5-9-13-27;1-25(16-27-23(28)21-14-8-9-15-22(21)24(27)29)30-17-26(18-31-25,19-10-4-2-5-11-19)20-12-6-3-7-13-20/h4-20,29H,3,21-22H2,1-2H3;2-15H,16-18H2,1H3. The Morgan fingerprint density at radius 2 is 1.03 bits per heavy atom. The van der Waals surface area contributed by atoms with Crippen molar-refractivity contribution in [2.75, 3.05) is 39.6 Å². The first kappa shape index (κ1) is 44.8. The molecule has 6 aromatic rings. The van der Waals surface area contributed by atoms with Gasteiger partial charge in [-0.25, -0.2) is 4.79 Å². The molecule has 3 heterocycles. The number of allylic oxidation sites excluding steroid dienone is 2. The lowest BCUT2D eigenvalue weighted by Gasteiger charge is -2.46. The van der Waals surface area contributed by atoms with Gasteiger partial charge in [-0.2, -0.15) is 0 Å². The molecule has 3 aliphatic rings. The monoisotopic (exact) mass is 867 g/mol. The van der Waals surface area contributed by atoms with Crippen LogP contribution in [0.1, 0.15) is 81.2 Å². The summed E-state index contributed by atoms with van der Waals surface area (Å²) in [6.45, 7) is 7.68. The zero-order valence-corrected chi connectivity index (χ0v) is 36.9. The first-order valence-electron chi connectivity index (χ1n) is 21.9. The maximum atomic E-state index is 12.8. The minimum Gasteiger partial charge on any atom is -0.463 e. The van der Waals surface area contributed by atoms with Crippen molar-refractivity contribution in [1.82, 2.24) is 4.90 Å². The van der Waals surface area contributed by atoms with Crippen LogP contribution in [0.3, 0.4) is 0 Å². The molecule has 0 saturated carbocycles. The third-order valence-electron chi connectivity index (χ3n) is 12.2. The van der Waals surface area contributed by atoms with Crippen LogP contribution >= 0.6 is 0 Å². The van der Waals surface area contributed by atoms with E-state index in [1.54, 1.807) is 38.1 Å². The van der Waals surface area contributed by atoms with E-state index in [-0.39, 0.29) is 29.7 Å². The summed E-state index contributed by atoms with van der Waals surface area (Å²) in [6, 6.07) is 56.1. The molecule has 0 radical (unpaired) electrons. The molecular formula is C56H53NO8. The Morgan fingerprint density at radius 1 is 0.615 bits per heavy atom. The Balaban J connectivity index is 0.000000178. The second kappa shape index (κ2) is 20.0. The van der Waals surface area contributed by atoms with Crippen molar-refractivity contribution in [3.8, 4) is 0 Å². The molecule has 0 atom stereocenters. The number of carbonyl (C=O) groups excluding carboxylic acids is 3. The second-order valence-corrected chi connectivity index (χ2v) is 16.7. The molecule has 9 nitrogen and oxygen atoms in total. The molecule has 3 aliphatic heterocycles. The Hall–Kier alpha value is -6.75. The molecule has 2 amide bonds. The van der Waals surface area contributed by atoms with Crippen molar-refractivity contribution >= 4 is 23.9 Å². The van der Waals surface area contributed by atoms with Crippen molar-refractivity contribution in [1.29, 1.82) is 0 Å². The summed E-state index contributed by atoms with van der Waals surface area (Å²) in [5.41, 5.74) is 7.45. The van der Waals surface area contributed by atoms with E-state index in [9.17, 15) is 14.4 Å². The summed E-state index contributed by atoms with van der Waals surface area (Å²) in [7, 11) is 0. The first-order valence-corrected chi connectivity index (χ1v) is 21.9. The number of imide groups is 1. The van der Waals surface area contributed by atoms with Gasteiger partial charge in [0.15, 0.2) is 12.1 Å². The van der Waals surface area contributed by atoms with Crippen LogP contribution in [0, 0.1) is 0 Å². The lowest BCUT2D eigenvalue weighted by atomic mass is 9.75. The third kappa shape index (κ3) is 9.84. The number of nitrogens with zero attached hydrogens (tertiary/aromatic N) is 1. The molecule has 330 valence electrons. The molecule has 6 aromatic carbocycles. The number of ether oxygens (including phenoxy) is 5. The largest absolute Gasteiger partial charge is 0.463 e. The number of carbonyl (C=O) groups is 3. The molecular weight excluding hydrogens is 815 g/mol. The highest BCUT2D eigenvalue weighted by Gasteiger charge is 2.48. The van der Waals surface area contributed by atoms with Gasteiger partial charge in [0, 0.05) is 11.6 Å². The summed E-state index contributed by atoms with van der Waals surface area (Å²) in [6.07, 6.45) is 4.94. The summed E-state index contributed by atoms with van der Waals surface area (Å²) in [5, 5.41) is 0. The minimum absolute atomic E-state index is 0.0407. The quantitative estimate of drug-likeness (QED) is 0.0549. The van der Waals surface area contributed by atoms with Crippen LogP contribution in [0.2, 0.25) is 0 Å². The van der Waals surface area contributed by atoms with Gasteiger partial charge in [-0.15, -0.1) is 0 Å². The van der Waals surface area contributed by atoms with Crippen LogP contribution in [0.4, 0.5) is 0 Å². The summed E-state index contributed by atoms with van der Waals surface area (Å²) in [4.78, 5) is 38.4. The third-order valence-corrected chi connectivity index (χ3v) is 12.2. The smallest absolute Gasteiger partial charge is 0.330 e. The SMILES string of the molecule is CC1(CN2C(=O)c3ccccc3C2=O)OCC(c2ccccc2)(c2ccccc2)CO1.CCOC(=O)C=C(C)C=Cc1ccc(C2OCC(c3ccccc3)(c3ccccc3)CO2)cc1. The predicted molar refractivity (Wildman–Crippen MR) is 250 cm³/mol. The molecule has 0 bridgehead atoms. The normalized spacial score (nSPS) is 17.8. The maximum absolute atomic E-state index is 12.8. The Morgan fingerprint density at radius 3 is 1.46 bits per heavy atom. The number of fused-ring (bicyclic) bond motifs is 1. The first-order chi connectivity index (χ1) is 31.6. The molecule has 2 fully saturated rings. The highest BCUT2D eigenvalue weighted by molar-refractivity contribution is 6.21. The van der Waals surface area contributed by atoms with E-state index in [1.807, 2.05) is 91.9 Å². The lowest BCUT2D eigenvalue weighted by molar-refractivity contribution is -0.275. The van der Waals surface area contributed by atoms with Gasteiger partial charge in [-0.1, -0.05) is 170 Å². The van der Waals surface area contributed by atoms with Gasteiger partial charge in [0.05, 0.1) is 61.5 Å². The van der Waals surface area contributed by atoms with Crippen LogP contribution in [-0.4, -0.2) is 68.0 Å². The highest BCUT2D eigenvalue weighted by Crippen LogP contribution is 2.41. The van der Waals surface area contributed by atoms with Crippen LogP contribution in [0.5, 0.6) is 0 Å². The van der Waals surface area contributed by atoms with Crippen molar-refractivity contribution < 1.29 is 38.1 Å². The van der Waals surface area contributed by atoms with Crippen molar-refractivity contribution in [2.45, 2.75) is 43.7 Å². The topological polar surface area (TPSA) is 101 Å². The van der Waals surface area contributed by atoms with Crippen LogP contribution in [-0.2, 0) is 39.3 Å². The van der Waals surface area contributed by atoms with Gasteiger partial charge in [-0.3, -0.25) is 14.5 Å². The average molecular weight is 868 g/mol. The highest BCUT2D eigenvalue weighted by atomic mass is 16.7. The molecule has 0 aromatic heterocycles. The van der Waals surface area contributed by atoms with Gasteiger partial charge in [0.2, 0.25) is 0 Å². The van der Waals surface area contributed by atoms with E-state index in [1.165, 1.54) is 22.1 Å². The number of hydrogen-bond acceptors (Lipinski definition) is 8. The zero-order chi connectivity index (χ0) is 45.3. The number of benzene rings is 6. The molecule has 0 spiro atoms. The van der Waals surface area contributed by atoms with E-state index in [0.29, 0.717) is 44.2 Å². The molecule has 0 N–H and O–H groups in total. The summed E-state index contributed by atoms with van der Waals surface area (Å²) < 4.78 is 30.1. The fourth-order valence-electron chi connectivity index (χ4n) is 8.55. The van der Waals surface area contributed by atoms with E-state index < -0.39 is 17.5 Å². The molecule has 9 heteroatoms. The van der Waals surface area contributed by atoms with Crippen LogP contribution in [0.15, 0.2) is 188 Å². The fourth-order valence-corrected chi connectivity index (χ4v) is 8.55. The molecule has 65 heavy (non-hydrogen) atoms. The van der Waals surface area contributed by atoms with Crippen LogP contribution in [0.25, 0.3) is 6.08 Å². The van der Waals surface area contributed by atoms with Gasteiger partial charge < -0.3 is 23.7 Å². The average Bonchev–Trinajstić information content (AvgIpc) is 3.59. The Labute approximate surface area is 380 Å². The molecule has 0 aliphatic carbocycles. The molecule has 9 rings (SSSR count). The van der Waals surface area contributed by atoms with Crippen molar-refractivity contribution in [3.05, 3.63) is 232 Å². The van der Waals surface area contributed by atoms with E-state index in [4.69, 9.17) is 23.7 Å². The second-order valence-electron chi connectivity index (χ2n) is 16.7. The number of esters is 1. The Bertz CT molecular complexity index is 2490. The van der Waals surface area contributed by atoms with Crippen molar-refractivity contribution in [3.63, 3.8) is 0 Å². The van der Waals surface area contributed by atoms with Gasteiger partial charge >= 0.3 is 5.97 Å². The predicted octanol–water partition coefficient (Wildman–Crippen LogP) is 10.3. The summed E-state index contributed by atoms with van der Waals surface area (Å²) >= 11 is 0. The number of rotatable bonds is 11. The summed E-state index contributed by atoms with van der Waals surface area (Å²) in [5.74, 6) is -2.02. The van der Waals surface area contributed by atoms with E-state index in [2.05, 4.69) is 72.8 Å². The zero-order valence-electron chi connectivity index (χ0n) is 36.9. The van der Waals surface area contributed by atoms with E-state index in [0.717, 1.165) is 27.8 Å². The fraction of sp³-hybridized carbons (Fsp3) is 0.232. The maximum Gasteiger partial charge on any atom is 0.330 e. The number of amides is 2. The minimum atomic E-state index is -1.08. The van der Waals surface area contributed by atoms with E-state index >= 15 is 0 Å². The lowest BCUT2D eigenvalue weighted by Crippen LogP contribution is -2.56. The van der Waals surface area contributed by atoms with Gasteiger partial charge in [0.1, 0.15) is 0 Å². The molecule has 0 unspecified atom stereocenters. The van der Waals surface area contributed by atoms with Crippen LogP contribution < -0.4 is 0 Å².